The number of hydrogen-bond acceptors (Lipinski definition) is 4. The molecule has 2 rings (SSSR count). The SMILES string of the molecule is COc1ccc(NS(=O)(=O)c2c(F)cc(N=[N+]=[N-])c(F)c2F)cc1F. The molecular formula is C13H8F4N4O3S. The smallest absolute Gasteiger partial charge is 0.267 e. The van der Waals surface area contributed by atoms with Gasteiger partial charge in [-0.2, -0.15) is 0 Å². The first-order valence-corrected chi connectivity index (χ1v) is 7.78. The fraction of sp³-hybridized carbons (Fsp3) is 0.0769. The Balaban J connectivity index is 2.52. The molecule has 0 atom stereocenters. The summed E-state index contributed by atoms with van der Waals surface area (Å²) in [5.41, 5.74) is 6.76. The van der Waals surface area contributed by atoms with Crippen LogP contribution in [0.25, 0.3) is 10.4 Å². The maximum Gasteiger partial charge on any atom is 0.267 e. The second kappa shape index (κ2) is 6.87. The summed E-state index contributed by atoms with van der Waals surface area (Å²) in [7, 11) is -3.77. The van der Waals surface area contributed by atoms with E-state index in [-0.39, 0.29) is 17.5 Å². The minimum absolute atomic E-state index is 0.190. The Hall–Kier alpha value is -2.98. The van der Waals surface area contributed by atoms with Gasteiger partial charge in [0, 0.05) is 11.0 Å². The first-order chi connectivity index (χ1) is 11.7. The molecule has 0 bridgehead atoms. The molecular weight excluding hydrogens is 368 g/mol. The number of ether oxygens (including phenoxy) is 1. The van der Waals surface area contributed by atoms with E-state index < -0.39 is 43.9 Å². The fourth-order valence-corrected chi connectivity index (χ4v) is 3.05. The van der Waals surface area contributed by atoms with Crippen LogP contribution >= 0.6 is 0 Å². The Morgan fingerprint density at radius 3 is 2.36 bits per heavy atom. The van der Waals surface area contributed by atoms with Crippen molar-refractivity contribution in [3.8, 4) is 5.75 Å². The van der Waals surface area contributed by atoms with Crippen LogP contribution in [0.2, 0.25) is 0 Å². The molecule has 0 unspecified atom stereocenters. The molecule has 0 aromatic heterocycles. The topological polar surface area (TPSA) is 104 Å². The molecule has 12 heteroatoms. The van der Waals surface area contributed by atoms with Gasteiger partial charge in [0.25, 0.3) is 10.0 Å². The van der Waals surface area contributed by atoms with Gasteiger partial charge in [-0.15, -0.1) is 0 Å². The molecule has 0 aliphatic rings. The van der Waals surface area contributed by atoms with Crippen LogP contribution in [0.5, 0.6) is 5.75 Å². The Morgan fingerprint density at radius 2 is 1.80 bits per heavy atom. The maximum absolute atomic E-state index is 13.9. The van der Waals surface area contributed by atoms with Crippen LogP contribution in [0.3, 0.4) is 0 Å². The van der Waals surface area contributed by atoms with Gasteiger partial charge in [-0.3, -0.25) is 4.72 Å². The number of azide groups is 1. The zero-order chi connectivity index (χ0) is 18.8. The zero-order valence-corrected chi connectivity index (χ0v) is 13.1. The van der Waals surface area contributed by atoms with Crippen LogP contribution in [0.1, 0.15) is 0 Å². The van der Waals surface area contributed by atoms with Gasteiger partial charge in [-0.25, -0.2) is 26.0 Å². The van der Waals surface area contributed by atoms with E-state index in [1.165, 1.54) is 7.11 Å². The van der Waals surface area contributed by atoms with Crippen LogP contribution < -0.4 is 9.46 Å². The van der Waals surface area contributed by atoms with E-state index in [1.54, 1.807) is 4.72 Å². The molecule has 25 heavy (non-hydrogen) atoms. The summed E-state index contributed by atoms with van der Waals surface area (Å²) >= 11 is 0. The van der Waals surface area contributed by atoms with Crippen molar-refractivity contribution in [2.75, 3.05) is 11.8 Å². The molecule has 0 heterocycles. The first-order valence-electron chi connectivity index (χ1n) is 6.30. The summed E-state index contributed by atoms with van der Waals surface area (Å²) in [6.07, 6.45) is 0. The van der Waals surface area contributed by atoms with E-state index in [0.29, 0.717) is 6.07 Å². The summed E-state index contributed by atoms with van der Waals surface area (Å²) in [6.45, 7) is 0. The Bertz CT molecular complexity index is 991. The second-order valence-corrected chi connectivity index (χ2v) is 6.10. The average Bonchev–Trinajstić information content (AvgIpc) is 2.52. The minimum atomic E-state index is -4.95. The van der Waals surface area contributed by atoms with E-state index in [1.807, 2.05) is 0 Å². The number of hydrogen-bond donors (Lipinski definition) is 1. The first kappa shape index (κ1) is 18.4. The van der Waals surface area contributed by atoms with Gasteiger partial charge in [0.2, 0.25) is 0 Å². The summed E-state index contributed by atoms with van der Waals surface area (Å²) in [4.78, 5) is 0.527. The molecule has 2 aromatic carbocycles. The molecule has 0 radical (unpaired) electrons. The van der Waals surface area contributed by atoms with Crippen LogP contribution in [0.4, 0.5) is 28.9 Å². The van der Waals surface area contributed by atoms with Crippen molar-refractivity contribution in [1.82, 2.24) is 0 Å². The Morgan fingerprint density at radius 1 is 1.12 bits per heavy atom. The lowest BCUT2D eigenvalue weighted by molar-refractivity contribution is 0.386. The number of methoxy groups -OCH3 is 1. The van der Waals surface area contributed by atoms with Crippen molar-refractivity contribution in [2.24, 2.45) is 5.11 Å². The number of nitrogens with zero attached hydrogens (tertiary/aromatic N) is 3. The number of nitrogens with one attached hydrogen (secondary N) is 1. The average molecular weight is 376 g/mol. The van der Waals surface area contributed by atoms with Gasteiger partial charge in [0.1, 0.15) is 5.82 Å². The number of rotatable bonds is 5. The number of sulfonamides is 1. The molecule has 0 saturated carbocycles. The van der Waals surface area contributed by atoms with Gasteiger partial charge in [0.15, 0.2) is 28.1 Å². The molecule has 1 N–H and O–H groups in total. The van der Waals surface area contributed by atoms with E-state index in [2.05, 4.69) is 14.8 Å². The molecule has 2 aromatic rings. The lowest BCUT2D eigenvalue weighted by Crippen LogP contribution is -2.17. The van der Waals surface area contributed by atoms with E-state index >= 15 is 0 Å². The predicted molar refractivity (Wildman–Crippen MR) is 78.9 cm³/mol. The molecule has 0 aliphatic carbocycles. The number of benzene rings is 2. The van der Waals surface area contributed by atoms with Crippen molar-refractivity contribution in [3.05, 3.63) is 58.0 Å². The number of halogens is 4. The van der Waals surface area contributed by atoms with Crippen molar-refractivity contribution in [2.45, 2.75) is 4.90 Å². The molecule has 0 amide bonds. The van der Waals surface area contributed by atoms with Crippen molar-refractivity contribution in [1.29, 1.82) is 0 Å². The third kappa shape index (κ3) is 3.59. The van der Waals surface area contributed by atoms with Crippen LogP contribution in [0, 0.1) is 23.3 Å². The highest BCUT2D eigenvalue weighted by Gasteiger charge is 2.29. The summed E-state index contributed by atoms with van der Waals surface area (Å²) in [5, 5.41) is 2.71. The highest BCUT2D eigenvalue weighted by atomic mass is 32.2. The van der Waals surface area contributed by atoms with Crippen LogP contribution in [0.15, 0.2) is 34.3 Å². The summed E-state index contributed by atoms with van der Waals surface area (Å²) in [5.74, 6) is -6.74. The highest BCUT2D eigenvalue weighted by molar-refractivity contribution is 7.92. The van der Waals surface area contributed by atoms with Gasteiger partial charge >= 0.3 is 0 Å². The molecule has 0 fully saturated rings. The van der Waals surface area contributed by atoms with Gasteiger partial charge in [-0.1, -0.05) is 5.11 Å². The lowest BCUT2D eigenvalue weighted by atomic mass is 10.3. The molecule has 0 saturated heterocycles. The van der Waals surface area contributed by atoms with Gasteiger partial charge in [0.05, 0.1) is 18.5 Å². The van der Waals surface area contributed by atoms with E-state index in [9.17, 15) is 26.0 Å². The predicted octanol–water partition coefficient (Wildman–Crippen LogP) is 3.99. The number of anilines is 1. The van der Waals surface area contributed by atoms with Crippen molar-refractivity contribution in [3.63, 3.8) is 0 Å². The monoisotopic (exact) mass is 376 g/mol. The molecule has 0 aliphatic heterocycles. The van der Waals surface area contributed by atoms with E-state index in [4.69, 9.17) is 5.53 Å². The summed E-state index contributed by atoms with van der Waals surface area (Å²) < 4.78 is 85.7. The lowest BCUT2D eigenvalue weighted by Gasteiger charge is -2.12. The molecule has 0 spiro atoms. The van der Waals surface area contributed by atoms with E-state index in [0.717, 1.165) is 12.1 Å². The van der Waals surface area contributed by atoms with Crippen molar-refractivity contribution < 1.29 is 30.7 Å². The minimum Gasteiger partial charge on any atom is -0.494 e. The Labute approximate surface area is 138 Å². The second-order valence-electron chi connectivity index (χ2n) is 4.48. The highest BCUT2D eigenvalue weighted by Crippen LogP contribution is 2.31. The standard InChI is InChI=1S/C13H8F4N4O3S/c1-24-10-3-2-6(4-7(10)14)20-25(22,23)13-8(15)5-9(19-21-18)11(16)12(13)17/h2-5,20H,1H3. The van der Waals surface area contributed by atoms with Gasteiger partial charge in [-0.05, 0) is 23.7 Å². The Kier molecular flexibility index (Phi) is 5.04. The van der Waals surface area contributed by atoms with Gasteiger partial charge < -0.3 is 4.74 Å². The summed E-state index contributed by atoms with van der Waals surface area (Å²) in [6, 6.07) is 3.07. The third-order valence-corrected chi connectivity index (χ3v) is 4.34. The maximum atomic E-state index is 13.9. The van der Waals surface area contributed by atoms with Crippen molar-refractivity contribution >= 4 is 21.4 Å². The fourth-order valence-electron chi connectivity index (χ4n) is 1.87. The zero-order valence-electron chi connectivity index (χ0n) is 12.3. The largest absolute Gasteiger partial charge is 0.494 e. The quantitative estimate of drug-likeness (QED) is 0.280. The molecule has 132 valence electrons. The normalized spacial score (nSPS) is 10.9. The third-order valence-electron chi connectivity index (χ3n) is 2.92. The molecule has 7 nitrogen and oxygen atoms in total. The van der Waals surface area contributed by atoms with Crippen LogP contribution in [-0.4, -0.2) is 15.5 Å². The van der Waals surface area contributed by atoms with Crippen LogP contribution in [-0.2, 0) is 10.0 Å².